The minimum atomic E-state index is -0.864. The molecule has 1 aromatic carbocycles. The number of amides is 1. The van der Waals surface area contributed by atoms with Crippen LogP contribution in [-0.2, 0) is 0 Å². The van der Waals surface area contributed by atoms with Crippen LogP contribution < -0.4 is 5.32 Å². The number of halogens is 1. The van der Waals surface area contributed by atoms with Crippen LogP contribution in [0.5, 0.6) is 0 Å². The van der Waals surface area contributed by atoms with E-state index in [0.717, 1.165) is 31.5 Å². The van der Waals surface area contributed by atoms with Gasteiger partial charge in [-0.3, -0.25) is 4.79 Å². The van der Waals surface area contributed by atoms with Gasteiger partial charge in [0.15, 0.2) is 0 Å². The molecule has 0 saturated carbocycles. The van der Waals surface area contributed by atoms with E-state index in [1.54, 1.807) is 6.07 Å². The Balaban J connectivity index is 1.77. The molecule has 0 radical (unpaired) electrons. The molecule has 1 heterocycles. The molecule has 1 N–H and O–H groups in total. The Hall–Kier alpha value is -1.42. The minimum absolute atomic E-state index is 0.0790. The highest BCUT2D eigenvalue weighted by Gasteiger charge is 2.29. The fourth-order valence-electron chi connectivity index (χ4n) is 3.05. The van der Waals surface area contributed by atoms with E-state index >= 15 is 0 Å². The molecule has 1 saturated heterocycles. The molecule has 1 aliphatic heterocycles. The van der Waals surface area contributed by atoms with Crippen LogP contribution in [0.3, 0.4) is 0 Å². The van der Waals surface area contributed by atoms with Crippen LogP contribution in [-0.4, -0.2) is 43.2 Å². The van der Waals surface area contributed by atoms with E-state index < -0.39 is 6.17 Å². The molecule has 1 aliphatic rings. The third kappa shape index (κ3) is 5.90. The summed E-state index contributed by atoms with van der Waals surface area (Å²) in [6, 6.07) is 7.49. The average molecular weight is 334 g/mol. The highest BCUT2D eigenvalue weighted by atomic mass is 19.1. The van der Waals surface area contributed by atoms with Gasteiger partial charge in [-0.2, -0.15) is 0 Å². The number of carbonyl (C=O) groups is 1. The highest BCUT2D eigenvalue weighted by Crippen LogP contribution is 2.24. The van der Waals surface area contributed by atoms with Gasteiger partial charge in [-0.25, -0.2) is 4.39 Å². The first kappa shape index (κ1) is 18.9. The molecule has 1 fully saturated rings. The second-order valence-corrected chi connectivity index (χ2v) is 8.26. The smallest absolute Gasteiger partial charge is 0.251 e. The lowest BCUT2D eigenvalue weighted by molar-refractivity contribution is 0.0724. The van der Waals surface area contributed by atoms with Crippen molar-refractivity contribution in [3.63, 3.8) is 0 Å². The lowest BCUT2D eigenvalue weighted by Gasteiger charge is -2.36. The molecule has 2 unspecified atom stereocenters. The van der Waals surface area contributed by atoms with Crippen molar-refractivity contribution in [1.29, 1.82) is 0 Å². The summed E-state index contributed by atoms with van der Waals surface area (Å²) in [5.74, 6) is -0.189. The minimum Gasteiger partial charge on any atom is -0.352 e. The van der Waals surface area contributed by atoms with E-state index in [2.05, 4.69) is 31.0 Å². The van der Waals surface area contributed by atoms with E-state index in [1.807, 2.05) is 25.1 Å². The van der Waals surface area contributed by atoms with Gasteiger partial charge in [0.1, 0.15) is 6.17 Å². The predicted octanol–water partition coefficient (Wildman–Crippen LogP) is 3.82. The van der Waals surface area contributed by atoms with Crippen molar-refractivity contribution in [1.82, 2.24) is 10.2 Å². The lowest BCUT2D eigenvalue weighted by atomic mass is 9.90. The summed E-state index contributed by atoms with van der Waals surface area (Å²) < 4.78 is 14.4. The molecule has 0 spiro atoms. The number of hydrogen-bond donors (Lipinski definition) is 1. The van der Waals surface area contributed by atoms with Gasteiger partial charge < -0.3 is 10.2 Å². The van der Waals surface area contributed by atoms with Gasteiger partial charge in [0.2, 0.25) is 0 Å². The molecule has 2 atom stereocenters. The molecule has 3 nitrogen and oxygen atoms in total. The standard InChI is InChI=1S/C20H31FN2O/c1-15-6-5-7-16(12-15)19(24)22-13-17-8-10-23(14-18(17)21)11-9-20(2,3)4/h5-7,12,17-18H,8-11,13-14H2,1-4H3,(H,22,24). The number of nitrogens with zero attached hydrogens (tertiary/aromatic N) is 1. The van der Waals surface area contributed by atoms with E-state index in [1.165, 1.54) is 0 Å². The normalized spacial score (nSPS) is 22.4. The molecule has 2 rings (SSSR count). The second kappa shape index (κ2) is 8.11. The first-order valence-electron chi connectivity index (χ1n) is 8.96. The maximum Gasteiger partial charge on any atom is 0.251 e. The molecular weight excluding hydrogens is 303 g/mol. The third-order valence-corrected chi connectivity index (χ3v) is 4.74. The summed E-state index contributed by atoms with van der Waals surface area (Å²) >= 11 is 0. The number of alkyl halides is 1. The number of carbonyl (C=O) groups excluding carboxylic acids is 1. The van der Waals surface area contributed by atoms with Crippen LogP contribution in [0, 0.1) is 18.3 Å². The first-order chi connectivity index (χ1) is 11.2. The molecular formula is C20H31FN2O. The van der Waals surface area contributed by atoms with Crippen LogP contribution in [0.1, 0.15) is 49.5 Å². The molecule has 134 valence electrons. The molecule has 0 bridgehead atoms. The first-order valence-corrected chi connectivity index (χ1v) is 8.96. The second-order valence-electron chi connectivity index (χ2n) is 8.26. The number of piperidine rings is 1. The maximum atomic E-state index is 14.4. The van der Waals surface area contributed by atoms with Gasteiger partial charge in [0.25, 0.3) is 5.91 Å². The molecule has 0 aliphatic carbocycles. The Morgan fingerprint density at radius 2 is 2.12 bits per heavy atom. The summed E-state index contributed by atoms with van der Waals surface area (Å²) in [5, 5.41) is 2.90. The fourth-order valence-corrected chi connectivity index (χ4v) is 3.05. The zero-order chi connectivity index (χ0) is 17.7. The Labute approximate surface area is 145 Å². The Morgan fingerprint density at radius 3 is 2.75 bits per heavy atom. The maximum absolute atomic E-state index is 14.4. The zero-order valence-corrected chi connectivity index (χ0v) is 15.4. The number of benzene rings is 1. The topological polar surface area (TPSA) is 32.3 Å². The Morgan fingerprint density at radius 1 is 1.38 bits per heavy atom. The third-order valence-electron chi connectivity index (χ3n) is 4.74. The molecule has 4 heteroatoms. The van der Waals surface area contributed by atoms with Gasteiger partial charge in [-0.1, -0.05) is 38.5 Å². The van der Waals surface area contributed by atoms with Gasteiger partial charge in [0.05, 0.1) is 0 Å². The average Bonchev–Trinajstić information content (AvgIpc) is 2.51. The van der Waals surface area contributed by atoms with E-state index in [4.69, 9.17) is 0 Å². The summed E-state index contributed by atoms with van der Waals surface area (Å²) in [4.78, 5) is 14.4. The SMILES string of the molecule is Cc1cccc(C(=O)NCC2CCN(CCC(C)(C)C)CC2F)c1. The number of rotatable bonds is 5. The van der Waals surface area contributed by atoms with Crippen LogP contribution in [0.4, 0.5) is 4.39 Å². The number of likely N-dealkylation sites (tertiary alicyclic amines) is 1. The molecule has 24 heavy (non-hydrogen) atoms. The Bertz CT molecular complexity index is 553. The van der Waals surface area contributed by atoms with E-state index in [0.29, 0.717) is 18.7 Å². The Kier molecular flexibility index (Phi) is 6.39. The van der Waals surface area contributed by atoms with Crippen molar-refractivity contribution in [2.75, 3.05) is 26.2 Å². The summed E-state index contributed by atoms with van der Waals surface area (Å²) in [6.45, 7) is 11.4. The summed E-state index contributed by atoms with van der Waals surface area (Å²) in [5.41, 5.74) is 1.98. The van der Waals surface area contributed by atoms with Crippen molar-refractivity contribution in [3.8, 4) is 0 Å². The number of aryl methyl sites for hydroxylation is 1. The van der Waals surface area contributed by atoms with Gasteiger partial charge in [-0.05, 0) is 50.4 Å². The predicted molar refractivity (Wildman–Crippen MR) is 97.0 cm³/mol. The van der Waals surface area contributed by atoms with Crippen LogP contribution >= 0.6 is 0 Å². The van der Waals surface area contributed by atoms with Crippen molar-refractivity contribution in [2.24, 2.45) is 11.3 Å². The van der Waals surface area contributed by atoms with Crippen LogP contribution in [0.15, 0.2) is 24.3 Å². The van der Waals surface area contributed by atoms with E-state index in [-0.39, 0.29) is 17.2 Å². The largest absolute Gasteiger partial charge is 0.352 e. The number of hydrogen-bond acceptors (Lipinski definition) is 2. The van der Waals surface area contributed by atoms with Gasteiger partial charge >= 0.3 is 0 Å². The monoisotopic (exact) mass is 334 g/mol. The molecule has 0 aromatic heterocycles. The van der Waals surface area contributed by atoms with Crippen LogP contribution in [0.25, 0.3) is 0 Å². The van der Waals surface area contributed by atoms with Crippen molar-refractivity contribution in [2.45, 2.75) is 46.7 Å². The van der Waals surface area contributed by atoms with Crippen molar-refractivity contribution in [3.05, 3.63) is 35.4 Å². The van der Waals surface area contributed by atoms with Gasteiger partial charge in [-0.15, -0.1) is 0 Å². The van der Waals surface area contributed by atoms with Crippen LogP contribution in [0.2, 0.25) is 0 Å². The van der Waals surface area contributed by atoms with Crippen molar-refractivity contribution >= 4 is 5.91 Å². The van der Waals surface area contributed by atoms with E-state index in [9.17, 15) is 9.18 Å². The summed E-state index contributed by atoms with van der Waals surface area (Å²) in [6.07, 6.45) is 1.02. The van der Waals surface area contributed by atoms with Gasteiger partial charge in [0, 0.05) is 24.6 Å². The lowest BCUT2D eigenvalue weighted by Crippen LogP contribution is -2.46. The number of nitrogens with one attached hydrogen (secondary N) is 1. The molecule has 1 aromatic rings. The zero-order valence-electron chi connectivity index (χ0n) is 15.4. The molecule has 1 amide bonds. The quantitative estimate of drug-likeness (QED) is 0.888. The fraction of sp³-hybridized carbons (Fsp3) is 0.650. The highest BCUT2D eigenvalue weighted by molar-refractivity contribution is 5.94. The van der Waals surface area contributed by atoms with Crippen molar-refractivity contribution < 1.29 is 9.18 Å². The summed E-state index contributed by atoms with van der Waals surface area (Å²) in [7, 11) is 0.